The van der Waals surface area contributed by atoms with E-state index in [1.165, 1.54) is 0 Å². The molecule has 0 fully saturated rings. The Morgan fingerprint density at radius 1 is 1.36 bits per heavy atom. The van der Waals surface area contributed by atoms with E-state index in [-0.39, 0.29) is 0 Å². The van der Waals surface area contributed by atoms with Gasteiger partial charge in [0.1, 0.15) is 0 Å². The van der Waals surface area contributed by atoms with Crippen LogP contribution in [0.4, 0.5) is 0 Å². The van der Waals surface area contributed by atoms with Crippen LogP contribution in [-0.4, -0.2) is 9.55 Å². The number of para-hydroxylation sites is 1. The van der Waals surface area contributed by atoms with E-state index in [0.29, 0.717) is 6.54 Å². The van der Waals surface area contributed by atoms with Gasteiger partial charge < -0.3 is 10.3 Å². The zero-order valence-corrected chi connectivity index (χ0v) is 9.11. The molecule has 0 spiro atoms. The van der Waals surface area contributed by atoms with Gasteiger partial charge in [-0.2, -0.15) is 0 Å². The molecular weight excluding hydrogens is 242 g/mol. The van der Waals surface area contributed by atoms with Gasteiger partial charge in [0.05, 0.1) is 17.7 Å². The Balaban J connectivity index is 2.44. The summed E-state index contributed by atoms with van der Waals surface area (Å²) in [5, 5.41) is 0. The Bertz CT molecular complexity index is 436. The monoisotopic (exact) mass is 251 g/mol. The summed E-state index contributed by atoms with van der Waals surface area (Å²) in [6.07, 6.45) is 3.70. The van der Waals surface area contributed by atoms with Crippen molar-refractivity contribution in [3.63, 3.8) is 0 Å². The molecule has 0 saturated heterocycles. The highest BCUT2D eigenvalue weighted by Crippen LogP contribution is 2.20. The first kappa shape index (κ1) is 9.43. The SMILES string of the molecule is NCc1cn(-c2ccccc2Br)cn1. The molecule has 0 saturated carbocycles. The summed E-state index contributed by atoms with van der Waals surface area (Å²) < 4.78 is 2.99. The molecule has 0 amide bonds. The Labute approximate surface area is 90.7 Å². The van der Waals surface area contributed by atoms with Crippen molar-refractivity contribution >= 4 is 15.9 Å². The first-order valence-electron chi connectivity index (χ1n) is 4.29. The van der Waals surface area contributed by atoms with Crippen LogP contribution in [0.25, 0.3) is 5.69 Å². The minimum absolute atomic E-state index is 0.470. The largest absolute Gasteiger partial charge is 0.325 e. The van der Waals surface area contributed by atoms with Gasteiger partial charge in [0.15, 0.2) is 0 Å². The number of hydrogen-bond acceptors (Lipinski definition) is 2. The number of nitrogens with two attached hydrogens (primary N) is 1. The van der Waals surface area contributed by atoms with E-state index in [1.807, 2.05) is 35.0 Å². The summed E-state index contributed by atoms with van der Waals surface area (Å²) in [7, 11) is 0. The third kappa shape index (κ3) is 1.71. The lowest BCUT2D eigenvalue weighted by Crippen LogP contribution is -1.96. The molecule has 1 aromatic carbocycles. The van der Waals surface area contributed by atoms with Crippen molar-refractivity contribution in [3.8, 4) is 5.69 Å². The highest BCUT2D eigenvalue weighted by atomic mass is 79.9. The van der Waals surface area contributed by atoms with Gasteiger partial charge in [-0.15, -0.1) is 0 Å². The summed E-state index contributed by atoms with van der Waals surface area (Å²) in [5.74, 6) is 0. The number of nitrogens with zero attached hydrogens (tertiary/aromatic N) is 2. The van der Waals surface area contributed by atoms with E-state index in [1.54, 1.807) is 6.33 Å². The second-order valence-electron chi connectivity index (χ2n) is 2.93. The Hall–Kier alpha value is -1.13. The second kappa shape index (κ2) is 3.94. The highest BCUT2D eigenvalue weighted by molar-refractivity contribution is 9.10. The fourth-order valence-corrected chi connectivity index (χ4v) is 1.75. The molecule has 0 aliphatic carbocycles. The maximum atomic E-state index is 5.49. The maximum Gasteiger partial charge on any atom is 0.0996 e. The molecule has 2 N–H and O–H groups in total. The molecule has 3 nitrogen and oxygen atoms in total. The molecule has 0 bridgehead atoms. The lowest BCUT2D eigenvalue weighted by molar-refractivity contribution is 1.01. The van der Waals surface area contributed by atoms with Gasteiger partial charge in [0, 0.05) is 17.2 Å². The molecule has 1 heterocycles. The number of aromatic nitrogens is 2. The Morgan fingerprint density at radius 3 is 2.79 bits per heavy atom. The molecule has 0 unspecified atom stereocenters. The predicted octanol–water partition coefficient (Wildman–Crippen LogP) is 2.09. The van der Waals surface area contributed by atoms with Crippen LogP contribution >= 0.6 is 15.9 Å². The first-order chi connectivity index (χ1) is 6.81. The highest BCUT2D eigenvalue weighted by Gasteiger charge is 2.01. The van der Waals surface area contributed by atoms with E-state index in [9.17, 15) is 0 Å². The first-order valence-corrected chi connectivity index (χ1v) is 5.08. The van der Waals surface area contributed by atoms with Gasteiger partial charge in [-0.25, -0.2) is 4.98 Å². The minimum Gasteiger partial charge on any atom is -0.325 e. The van der Waals surface area contributed by atoms with Crippen molar-refractivity contribution in [2.45, 2.75) is 6.54 Å². The van der Waals surface area contributed by atoms with E-state index >= 15 is 0 Å². The van der Waals surface area contributed by atoms with Gasteiger partial charge in [-0.05, 0) is 28.1 Å². The average Bonchev–Trinajstić information content (AvgIpc) is 2.67. The lowest BCUT2D eigenvalue weighted by Gasteiger charge is -2.03. The summed E-state index contributed by atoms with van der Waals surface area (Å²) in [5.41, 5.74) is 7.45. The number of hydrogen-bond donors (Lipinski definition) is 1. The lowest BCUT2D eigenvalue weighted by atomic mass is 10.3. The van der Waals surface area contributed by atoms with Crippen molar-refractivity contribution in [1.29, 1.82) is 0 Å². The standard InChI is InChI=1S/C10H10BrN3/c11-9-3-1-2-4-10(9)14-6-8(5-12)13-7-14/h1-4,6-7H,5,12H2. The molecule has 0 atom stereocenters. The molecule has 0 aliphatic heterocycles. The van der Waals surface area contributed by atoms with Crippen LogP contribution in [0.5, 0.6) is 0 Å². The molecule has 0 radical (unpaired) electrons. The molecule has 1 aromatic heterocycles. The number of halogens is 1. The third-order valence-electron chi connectivity index (χ3n) is 1.98. The van der Waals surface area contributed by atoms with Crippen molar-refractivity contribution < 1.29 is 0 Å². The quantitative estimate of drug-likeness (QED) is 0.889. The van der Waals surface area contributed by atoms with Gasteiger partial charge in [0.25, 0.3) is 0 Å². The van der Waals surface area contributed by atoms with Gasteiger partial charge in [-0.3, -0.25) is 0 Å². The van der Waals surface area contributed by atoms with Gasteiger partial charge in [-0.1, -0.05) is 12.1 Å². The number of benzene rings is 1. The van der Waals surface area contributed by atoms with Crippen molar-refractivity contribution in [3.05, 3.63) is 47.0 Å². The number of rotatable bonds is 2. The van der Waals surface area contributed by atoms with E-state index in [2.05, 4.69) is 20.9 Å². The van der Waals surface area contributed by atoms with Crippen LogP contribution in [0.2, 0.25) is 0 Å². The maximum absolute atomic E-state index is 5.49. The molecule has 2 aromatic rings. The molecule has 4 heteroatoms. The summed E-state index contributed by atoms with van der Waals surface area (Å²) in [6, 6.07) is 7.99. The average molecular weight is 252 g/mol. The van der Waals surface area contributed by atoms with Crippen molar-refractivity contribution in [1.82, 2.24) is 9.55 Å². The third-order valence-corrected chi connectivity index (χ3v) is 2.65. The summed E-state index contributed by atoms with van der Waals surface area (Å²) >= 11 is 3.48. The normalized spacial score (nSPS) is 10.4. The molecule has 14 heavy (non-hydrogen) atoms. The predicted molar refractivity (Wildman–Crippen MR) is 59.2 cm³/mol. The van der Waals surface area contributed by atoms with Crippen LogP contribution in [0.3, 0.4) is 0 Å². The molecule has 0 aliphatic rings. The second-order valence-corrected chi connectivity index (χ2v) is 3.78. The van der Waals surface area contributed by atoms with Gasteiger partial charge >= 0.3 is 0 Å². The zero-order chi connectivity index (χ0) is 9.97. The molecule has 72 valence electrons. The fourth-order valence-electron chi connectivity index (χ4n) is 1.26. The van der Waals surface area contributed by atoms with Crippen LogP contribution in [0.1, 0.15) is 5.69 Å². The summed E-state index contributed by atoms with van der Waals surface area (Å²) in [4.78, 5) is 4.17. The Morgan fingerprint density at radius 2 is 2.14 bits per heavy atom. The van der Waals surface area contributed by atoms with Crippen LogP contribution in [0.15, 0.2) is 41.3 Å². The van der Waals surface area contributed by atoms with Crippen molar-refractivity contribution in [2.75, 3.05) is 0 Å². The van der Waals surface area contributed by atoms with E-state index in [0.717, 1.165) is 15.9 Å². The van der Waals surface area contributed by atoms with Crippen LogP contribution in [0, 0.1) is 0 Å². The number of imidazole rings is 1. The zero-order valence-electron chi connectivity index (χ0n) is 7.52. The van der Waals surface area contributed by atoms with Crippen LogP contribution in [-0.2, 0) is 6.54 Å². The fraction of sp³-hybridized carbons (Fsp3) is 0.100. The molecule has 2 rings (SSSR count). The van der Waals surface area contributed by atoms with E-state index < -0.39 is 0 Å². The van der Waals surface area contributed by atoms with Gasteiger partial charge in [0.2, 0.25) is 0 Å². The Kier molecular flexibility index (Phi) is 2.65. The topological polar surface area (TPSA) is 43.8 Å². The van der Waals surface area contributed by atoms with E-state index in [4.69, 9.17) is 5.73 Å². The van der Waals surface area contributed by atoms with Crippen LogP contribution < -0.4 is 5.73 Å². The molecular formula is C10H10BrN3. The minimum atomic E-state index is 0.470. The summed E-state index contributed by atoms with van der Waals surface area (Å²) in [6.45, 7) is 0.470. The smallest absolute Gasteiger partial charge is 0.0996 e. The van der Waals surface area contributed by atoms with Crippen molar-refractivity contribution in [2.24, 2.45) is 5.73 Å².